The zero-order chi connectivity index (χ0) is 13.1. The molecule has 0 saturated heterocycles. The number of nitrogens with zero attached hydrogens (tertiary/aromatic N) is 1. The van der Waals surface area contributed by atoms with Gasteiger partial charge in [0.05, 0.1) is 11.1 Å². The third-order valence-electron chi connectivity index (χ3n) is 3.30. The molecule has 18 heavy (non-hydrogen) atoms. The highest BCUT2D eigenvalue weighted by molar-refractivity contribution is 9.09. The summed E-state index contributed by atoms with van der Waals surface area (Å²) in [6.45, 7) is 0. The smallest absolute Gasteiger partial charge is 0.287 e. The van der Waals surface area contributed by atoms with Crippen LogP contribution in [0.3, 0.4) is 0 Å². The van der Waals surface area contributed by atoms with Crippen LogP contribution in [-0.2, 0) is 0 Å². The van der Waals surface area contributed by atoms with E-state index >= 15 is 0 Å². The van der Waals surface area contributed by atoms with Crippen LogP contribution in [-0.4, -0.2) is 27.2 Å². The summed E-state index contributed by atoms with van der Waals surface area (Å²) in [5.41, 5.74) is 0.144. The molecule has 1 aromatic rings. The van der Waals surface area contributed by atoms with Crippen molar-refractivity contribution >= 4 is 27.5 Å². The predicted octanol–water partition coefficient (Wildman–Crippen LogP) is 2.22. The van der Waals surface area contributed by atoms with Crippen molar-refractivity contribution in [1.82, 2.24) is 10.3 Å². The van der Waals surface area contributed by atoms with Crippen LogP contribution in [0, 0.1) is 16.0 Å². The van der Waals surface area contributed by atoms with Crippen LogP contribution < -0.4 is 5.32 Å². The zero-order valence-electron chi connectivity index (χ0n) is 9.69. The van der Waals surface area contributed by atoms with Gasteiger partial charge in [-0.1, -0.05) is 22.4 Å². The van der Waals surface area contributed by atoms with E-state index in [0.717, 1.165) is 24.6 Å². The highest BCUT2D eigenvalue weighted by atomic mass is 79.9. The van der Waals surface area contributed by atoms with Crippen molar-refractivity contribution in [3.63, 3.8) is 0 Å². The first-order valence-corrected chi connectivity index (χ1v) is 6.93. The molecule has 0 aromatic carbocycles. The van der Waals surface area contributed by atoms with Crippen LogP contribution in [0.15, 0.2) is 12.3 Å². The van der Waals surface area contributed by atoms with Gasteiger partial charge in [0.15, 0.2) is 0 Å². The third-order valence-corrected chi connectivity index (χ3v) is 4.13. The van der Waals surface area contributed by atoms with Gasteiger partial charge in [-0.2, -0.15) is 0 Å². The summed E-state index contributed by atoms with van der Waals surface area (Å²) in [6, 6.07) is 1.41. The van der Waals surface area contributed by atoms with Crippen molar-refractivity contribution in [2.45, 2.75) is 25.3 Å². The summed E-state index contributed by atoms with van der Waals surface area (Å²) in [5.74, 6) is 0.167. The lowest BCUT2D eigenvalue weighted by atomic mass is 10.1. The number of H-pyrrole nitrogens is 1. The molecule has 1 fully saturated rings. The quantitative estimate of drug-likeness (QED) is 0.507. The Morgan fingerprint density at radius 3 is 3.00 bits per heavy atom. The minimum atomic E-state index is -0.524. The van der Waals surface area contributed by atoms with Crippen LogP contribution in [0.5, 0.6) is 0 Å². The Bertz CT molecular complexity index is 460. The second kappa shape index (κ2) is 5.51. The van der Waals surface area contributed by atoms with Gasteiger partial charge in [-0.3, -0.25) is 14.9 Å². The molecule has 7 heteroatoms. The molecule has 2 unspecified atom stereocenters. The Morgan fingerprint density at radius 2 is 2.39 bits per heavy atom. The fourth-order valence-corrected chi connectivity index (χ4v) is 3.05. The number of rotatable bonds is 4. The zero-order valence-corrected chi connectivity index (χ0v) is 11.3. The van der Waals surface area contributed by atoms with E-state index in [1.165, 1.54) is 12.3 Å². The number of halogens is 1. The number of carbonyl (C=O) groups is 1. The molecule has 1 amide bonds. The van der Waals surface area contributed by atoms with Crippen LogP contribution in [0.2, 0.25) is 0 Å². The number of aromatic amines is 1. The van der Waals surface area contributed by atoms with E-state index in [0.29, 0.717) is 5.92 Å². The van der Waals surface area contributed by atoms with Gasteiger partial charge in [0.2, 0.25) is 0 Å². The number of nitrogens with one attached hydrogen (secondary N) is 2. The number of aromatic nitrogens is 1. The van der Waals surface area contributed by atoms with Crippen LogP contribution in [0.25, 0.3) is 0 Å². The molecule has 0 radical (unpaired) electrons. The summed E-state index contributed by atoms with van der Waals surface area (Å²) in [4.78, 5) is 24.5. The van der Waals surface area contributed by atoms with Crippen LogP contribution >= 0.6 is 15.9 Å². The molecule has 1 aromatic heterocycles. The largest absolute Gasteiger partial charge is 0.351 e. The Kier molecular flexibility index (Phi) is 4.00. The van der Waals surface area contributed by atoms with Gasteiger partial charge in [-0.25, -0.2) is 0 Å². The first kappa shape index (κ1) is 13.1. The molecule has 1 aliphatic carbocycles. The molecule has 98 valence electrons. The molecule has 2 N–H and O–H groups in total. The molecule has 2 rings (SSSR count). The number of amides is 1. The van der Waals surface area contributed by atoms with Gasteiger partial charge in [0, 0.05) is 17.4 Å². The third kappa shape index (κ3) is 2.72. The summed E-state index contributed by atoms with van der Waals surface area (Å²) < 4.78 is 0. The number of nitro groups is 1. The van der Waals surface area contributed by atoms with Crippen molar-refractivity contribution in [2.75, 3.05) is 5.33 Å². The lowest BCUT2D eigenvalue weighted by molar-refractivity contribution is -0.384. The van der Waals surface area contributed by atoms with Gasteiger partial charge < -0.3 is 10.3 Å². The molecular formula is C11H14BrN3O3. The topological polar surface area (TPSA) is 88.0 Å². The van der Waals surface area contributed by atoms with Crippen molar-refractivity contribution in [1.29, 1.82) is 0 Å². The molecule has 2 atom stereocenters. The SMILES string of the molecule is O=C(NC1CCCC1CBr)c1cc([N+](=O)[O-])c[nH]1. The average Bonchev–Trinajstić information content (AvgIpc) is 2.96. The lowest BCUT2D eigenvalue weighted by Crippen LogP contribution is -2.38. The van der Waals surface area contributed by atoms with Crippen molar-refractivity contribution < 1.29 is 9.72 Å². The van der Waals surface area contributed by atoms with E-state index in [1.807, 2.05) is 0 Å². The van der Waals surface area contributed by atoms with Crippen molar-refractivity contribution in [3.8, 4) is 0 Å². The minimum absolute atomic E-state index is 0.0939. The minimum Gasteiger partial charge on any atom is -0.351 e. The molecule has 0 bridgehead atoms. The van der Waals surface area contributed by atoms with E-state index in [4.69, 9.17) is 0 Å². The number of hydrogen-bond donors (Lipinski definition) is 2. The van der Waals surface area contributed by atoms with Crippen molar-refractivity contribution in [3.05, 3.63) is 28.1 Å². The normalized spacial score (nSPS) is 22.9. The van der Waals surface area contributed by atoms with Gasteiger partial charge in [0.25, 0.3) is 11.6 Å². The maximum absolute atomic E-state index is 11.9. The van der Waals surface area contributed by atoms with E-state index in [2.05, 4.69) is 26.2 Å². The second-order valence-corrected chi connectivity index (χ2v) is 5.10. The fourth-order valence-electron chi connectivity index (χ4n) is 2.28. The molecular weight excluding hydrogens is 302 g/mol. The summed E-state index contributed by atoms with van der Waals surface area (Å²) in [6.07, 6.45) is 4.39. The van der Waals surface area contributed by atoms with Crippen LogP contribution in [0.4, 0.5) is 5.69 Å². The van der Waals surface area contributed by atoms with Gasteiger partial charge in [-0.05, 0) is 18.8 Å². The Morgan fingerprint density at radius 1 is 1.61 bits per heavy atom. The molecule has 1 heterocycles. The lowest BCUT2D eigenvalue weighted by Gasteiger charge is -2.18. The van der Waals surface area contributed by atoms with Crippen LogP contribution in [0.1, 0.15) is 29.8 Å². The Balaban J connectivity index is 2.00. The monoisotopic (exact) mass is 315 g/mol. The first-order chi connectivity index (χ1) is 8.61. The van der Waals surface area contributed by atoms with E-state index in [-0.39, 0.29) is 23.3 Å². The maximum Gasteiger partial charge on any atom is 0.287 e. The molecule has 0 aliphatic heterocycles. The number of alkyl halides is 1. The van der Waals surface area contributed by atoms with Crippen molar-refractivity contribution in [2.24, 2.45) is 5.92 Å². The second-order valence-electron chi connectivity index (χ2n) is 4.45. The van der Waals surface area contributed by atoms with Gasteiger partial charge in [-0.15, -0.1) is 0 Å². The highest BCUT2D eigenvalue weighted by Gasteiger charge is 2.28. The standard InChI is InChI=1S/C11H14BrN3O3/c12-5-7-2-1-3-9(7)14-11(16)10-4-8(6-13-10)15(17)18/h4,6-7,9,13H,1-3,5H2,(H,14,16). The average molecular weight is 316 g/mol. The predicted molar refractivity (Wildman–Crippen MR) is 69.8 cm³/mol. The molecule has 1 aliphatic rings. The highest BCUT2D eigenvalue weighted by Crippen LogP contribution is 2.27. The first-order valence-electron chi connectivity index (χ1n) is 5.81. The number of carbonyl (C=O) groups excluding carboxylic acids is 1. The summed E-state index contributed by atoms with van der Waals surface area (Å²) in [7, 11) is 0. The van der Waals surface area contributed by atoms with Gasteiger partial charge in [0.1, 0.15) is 5.69 Å². The molecule has 1 saturated carbocycles. The number of hydrogen-bond acceptors (Lipinski definition) is 3. The summed E-state index contributed by atoms with van der Waals surface area (Å²) >= 11 is 3.44. The van der Waals surface area contributed by atoms with Gasteiger partial charge >= 0.3 is 0 Å². The van der Waals surface area contributed by atoms with E-state index < -0.39 is 4.92 Å². The summed E-state index contributed by atoms with van der Waals surface area (Å²) in [5, 5.41) is 14.3. The molecule has 0 spiro atoms. The fraction of sp³-hybridized carbons (Fsp3) is 0.545. The van der Waals surface area contributed by atoms with E-state index in [9.17, 15) is 14.9 Å². The Hall–Kier alpha value is -1.37. The maximum atomic E-state index is 11.9. The Labute approximate surface area is 112 Å². The van der Waals surface area contributed by atoms with E-state index in [1.54, 1.807) is 0 Å². The molecule has 6 nitrogen and oxygen atoms in total.